The Morgan fingerprint density at radius 3 is 3.00 bits per heavy atom. The minimum atomic E-state index is -0.413. The number of hydrogen-bond acceptors (Lipinski definition) is 5. The maximum absolute atomic E-state index is 13.2. The molecule has 0 aliphatic heterocycles. The Balaban J connectivity index is 2.10. The Kier molecular flexibility index (Phi) is 2.79. The van der Waals surface area contributed by atoms with Crippen LogP contribution < -0.4 is 10.5 Å². The molecule has 0 unspecified atom stereocenters. The fraction of sp³-hybridized carbons (Fsp3) is 0. The first-order valence-electron chi connectivity index (χ1n) is 5.23. The average Bonchev–Trinajstić information content (AvgIpc) is 2.82. The second-order valence-electron chi connectivity index (χ2n) is 3.70. The lowest BCUT2D eigenvalue weighted by atomic mass is 10.3. The number of nitrogens with two attached hydrogens (primary N) is 1. The van der Waals surface area contributed by atoms with Gasteiger partial charge in [0.15, 0.2) is 5.65 Å². The van der Waals surface area contributed by atoms with Gasteiger partial charge in [-0.15, -0.1) is 0 Å². The third-order valence-corrected chi connectivity index (χ3v) is 3.05. The van der Waals surface area contributed by atoms with Gasteiger partial charge in [0.2, 0.25) is 11.8 Å². The number of H-pyrrole nitrogens is 1. The van der Waals surface area contributed by atoms with Crippen molar-refractivity contribution in [2.75, 3.05) is 5.73 Å². The molecule has 0 radical (unpaired) electrons. The number of fused-ring (bicyclic) bond motifs is 1. The molecule has 6 nitrogen and oxygen atoms in total. The third-order valence-electron chi connectivity index (χ3n) is 2.39. The summed E-state index contributed by atoms with van der Waals surface area (Å²) in [5.41, 5.74) is 6.02. The van der Waals surface area contributed by atoms with Gasteiger partial charge in [-0.3, -0.25) is 5.10 Å². The molecule has 1 aromatic carbocycles. The Hall–Kier alpha value is -2.22. The quantitative estimate of drug-likeness (QED) is 0.756. The number of hydrogen-bond donors (Lipinski definition) is 2. The number of aromatic nitrogens is 4. The topological polar surface area (TPSA) is 89.7 Å². The molecule has 0 spiro atoms. The number of halogens is 2. The van der Waals surface area contributed by atoms with E-state index in [-0.39, 0.29) is 11.8 Å². The van der Waals surface area contributed by atoms with Crippen molar-refractivity contribution in [3.8, 4) is 11.6 Å². The Bertz CT molecular complexity index is 760. The lowest BCUT2D eigenvalue weighted by Crippen LogP contribution is -1.98. The molecule has 0 aliphatic rings. The highest BCUT2D eigenvalue weighted by atomic mass is 79.9. The molecule has 0 fully saturated rings. The molecule has 3 rings (SSSR count). The van der Waals surface area contributed by atoms with Gasteiger partial charge in [-0.2, -0.15) is 15.1 Å². The lowest BCUT2D eigenvalue weighted by Gasteiger charge is -2.07. The van der Waals surface area contributed by atoms with E-state index >= 15 is 0 Å². The summed E-state index contributed by atoms with van der Waals surface area (Å²) in [5, 5.41) is 7.06. The number of rotatable bonds is 2. The number of benzene rings is 1. The number of nitrogen functional groups attached to an aromatic ring is 1. The van der Waals surface area contributed by atoms with Gasteiger partial charge in [-0.25, -0.2) is 4.39 Å². The summed E-state index contributed by atoms with van der Waals surface area (Å²) >= 11 is 3.27. The number of nitrogens with zero attached hydrogens (tertiary/aromatic N) is 3. The minimum absolute atomic E-state index is 0.0410. The van der Waals surface area contributed by atoms with Crippen molar-refractivity contribution in [3.05, 3.63) is 34.7 Å². The zero-order chi connectivity index (χ0) is 13.4. The van der Waals surface area contributed by atoms with Crippen LogP contribution in [0.3, 0.4) is 0 Å². The van der Waals surface area contributed by atoms with E-state index in [0.717, 1.165) is 0 Å². The van der Waals surface area contributed by atoms with E-state index in [0.29, 0.717) is 21.3 Å². The summed E-state index contributed by atoms with van der Waals surface area (Å²) in [4.78, 5) is 7.94. The Morgan fingerprint density at radius 2 is 2.16 bits per heavy atom. The zero-order valence-electron chi connectivity index (χ0n) is 9.39. The van der Waals surface area contributed by atoms with Crippen LogP contribution in [-0.2, 0) is 0 Å². The Morgan fingerprint density at radius 1 is 1.32 bits per heavy atom. The van der Waals surface area contributed by atoms with Crippen molar-refractivity contribution >= 4 is 32.9 Å². The van der Waals surface area contributed by atoms with Gasteiger partial charge in [0.05, 0.1) is 10.7 Å². The maximum atomic E-state index is 13.2. The molecule has 19 heavy (non-hydrogen) atoms. The summed E-state index contributed by atoms with van der Waals surface area (Å²) in [7, 11) is 0. The van der Waals surface area contributed by atoms with Gasteiger partial charge in [0.25, 0.3) is 0 Å². The zero-order valence-corrected chi connectivity index (χ0v) is 11.0. The van der Waals surface area contributed by atoms with Crippen LogP contribution in [0.15, 0.2) is 28.9 Å². The van der Waals surface area contributed by atoms with Crippen molar-refractivity contribution in [2.24, 2.45) is 0 Å². The normalized spacial score (nSPS) is 10.8. The first-order valence-corrected chi connectivity index (χ1v) is 6.02. The van der Waals surface area contributed by atoms with Crippen molar-refractivity contribution in [3.63, 3.8) is 0 Å². The number of ether oxygens (including phenoxy) is 1. The first-order chi connectivity index (χ1) is 9.13. The van der Waals surface area contributed by atoms with Crippen LogP contribution in [0.1, 0.15) is 0 Å². The number of nitrogens with one attached hydrogen (secondary N) is 1. The monoisotopic (exact) mass is 323 g/mol. The van der Waals surface area contributed by atoms with Crippen molar-refractivity contribution < 1.29 is 9.13 Å². The van der Waals surface area contributed by atoms with Crippen LogP contribution in [0, 0.1) is 5.82 Å². The highest BCUT2D eigenvalue weighted by Gasteiger charge is 2.12. The fourth-order valence-electron chi connectivity index (χ4n) is 1.56. The minimum Gasteiger partial charge on any atom is -0.437 e. The van der Waals surface area contributed by atoms with E-state index < -0.39 is 5.82 Å². The first kappa shape index (κ1) is 11.8. The summed E-state index contributed by atoms with van der Waals surface area (Å²) < 4.78 is 19.4. The van der Waals surface area contributed by atoms with Gasteiger partial charge < -0.3 is 10.5 Å². The molecule has 3 aromatic rings. The second kappa shape index (κ2) is 4.47. The van der Waals surface area contributed by atoms with E-state index in [4.69, 9.17) is 10.5 Å². The largest absolute Gasteiger partial charge is 0.437 e. The van der Waals surface area contributed by atoms with Gasteiger partial charge in [-0.05, 0) is 28.1 Å². The molecule has 96 valence electrons. The molecule has 0 aliphatic carbocycles. The standard InChI is InChI=1S/C11H7BrFN5O/c12-7-2-1-5(13)3-8(7)19-10-6-4-15-18-9(6)16-11(14)17-10/h1-4H,(H3,14,15,16,17,18). The fourth-order valence-corrected chi connectivity index (χ4v) is 1.89. The molecule has 2 heterocycles. The molecular formula is C11H7BrFN5O. The predicted molar refractivity (Wildman–Crippen MR) is 70.3 cm³/mol. The van der Waals surface area contributed by atoms with Gasteiger partial charge in [-0.1, -0.05) is 0 Å². The summed E-state index contributed by atoms with van der Waals surface area (Å²) in [5.74, 6) is 0.131. The highest BCUT2D eigenvalue weighted by Crippen LogP contribution is 2.32. The van der Waals surface area contributed by atoms with Crippen molar-refractivity contribution in [2.45, 2.75) is 0 Å². The van der Waals surface area contributed by atoms with Crippen LogP contribution >= 0.6 is 15.9 Å². The van der Waals surface area contributed by atoms with E-state index in [2.05, 4.69) is 36.1 Å². The van der Waals surface area contributed by atoms with Crippen LogP contribution in [0.25, 0.3) is 11.0 Å². The lowest BCUT2D eigenvalue weighted by molar-refractivity contribution is 0.461. The predicted octanol–water partition coefficient (Wildman–Crippen LogP) is 2.63. The van der Waals surface area contributed by atoms with Gasteiger partial charge in [0.1, 0.15) is 17.0 Å². The van der Waals surface area contributed by atoms with Crippen LogP contribution in [-0.4, -0.2) is 20.2 Å². The van der Waals surface area contributed by atoms with E-state index in [1.807, 2.05) is 0 Å². The summed E-state index contributed by atoms with van der Waals surface area (Å²) in [6.45, 7) is 0. The molecule has 0 saturated carbocycles. The molecule has 0 atom stereocenters. The van der Waals surface area contributed by atoms with Crippen molar-refractivity contribution in [1.29, 1.82) is 0 Å². The third kappa shape index (κ3) is 2.22. The molecule has 0 amide bonds. The number of anilines is 1. The van der Waals surface area contributed by atoms with E-state index in [1.165, 1.54) is 18.3 Å². The highest BCUT2D eigenvalue weighted by molar-refractivity contribution is 9.10. The molecule has 0 saturated heterocycles. The van der Waals surface area contributed by atoms with E-state index in [1.54, 1.807) is 6.07 Å². The summed E-state index contributed by atoms with van der Waals surface area (Å²) in [6.07, 6.45) is 1.51. The van der Waals surface area contributed by atoms with Crippen LogP contribution in [0.5, 0.6) is 11.6 Å². The van der Waals surface area contributed by atoms with Crippen molar-refractivity contribution in [1.82, 2.24) is 20.2 Å². The smallest absolute Gasteiger partial charge is 0.235 e. The summed E-state index contributed by atoms with van der Waals surface area (Å²) in [6, 6.07) is 4.11. The van der Waals surface area contributed by atoms with Gasteiger partial charge in [0, 0.05) is 6.07 Å². The molecule has 2 aromatic heterocycles. The van der Waals surface area contributed by atoms with E-state index in [9.17, 15) is 4.39 Å². The maximum Gasteiger partial charge on any atom is 0.235 e. The van der Waals surface area contributed by atoms with Gasteiger partial charge >= 0.3 is 0 Å². The average molecular weight is 324 g/mol. The van der Waals surface area contributed by atoms with Crippen LogP contribution in [0.2, 0.25) is 0 Å². The molecule has 0 bridgehead atoms. The SMILES string of the molecule is Nc1nc(Oc2cc(F)ccc2Br)c2cn[nH]c2n1. The van der Waals surface area contributed by atoms with Crippen LogP contribution in [0.4, 0.5) is 10.3 Å². The Labute approximate surface area is 114 Å². The number of aromatic amines is 1. The molecular weight excluding hydrogens is 317 g/mol. The second-order valence-corrected chi connectivity index (χ2v) is 4.55. The molecule has 8 heteroatoms. The molecule has 3 N–H and O–H groups in total.